The third-order valence-corrected chi connectivity index (χ3v) is 14.3. The molecule has 0 aliphatic carbocycles. The molecule has 3 aromatic heterocycles. The Labute approximate surface area is 390 Å². The number of aromatic nitrogens is 3. The first kappa shape index (κ1) is 48.6. The number of ketones is 1. The van der Waals surface area contributed by atoms with Crippen LogP contribution in [0.2, 0.25) is 0 Å². The second-order valence-corrected chi connectivity index (χ2v) is 20.5. The first-order valence-corrected chi connectivity index (χ1v) is 24.4. The fraction of sp³-hybridized carbons (Fsp3) is 0.413. The van der Waals surface area contributed by atoms with E-state index in [1.165, 1.54) is 16.0 Å². The van der Waals surface area contributed by atoms with Crippen LogP contribution in [0.25, 0.3) is 21.5 Å². The second kappa shape index (κ2) is 19.9. The Bertz CT molecular complexity index is 2800. The van der Waals surface area contributed by atoms with Gasteiger partial charge in [0.15, 0.2) is 5.82 Å². The van der Waals surface area contributed by atoms with Gasteiger partial charge in [0.1, 0.15) is 30.0 Å². The number of carbonyl (C=O) groups excluding carboxylic acids is 5. The molecule has 0 spiro atoms. The molecule has 0 radical (unpaired) electrons. The van der Waals surface area contributed by atoms with Crippen LogP contribution in [0.4, 0.5) is 20.2 Å². The SMILES string of the molecule is CCCS(=O)(=O)Nc1ccc(F)c(C(=O)c2c[nH]c3ncc(N4CCN(C(=O)CC(=O)N[C@H](C(=O)N5C[C@H](O)C[C@H]5C(=O)NCc5ccc(-c6scnc6C)cc5)C(C)(C)C)CC4)cc23)c1F. The van der Waals surface area contributed by atoms with Crippen LogP contribution in [0, 0.1) is 24.0 Å². The number of likely N-dealkylation sites (tertiary alicyclic amines) is 1. The highest BCUT2D eigenvalue weighted by molar-refractivity contribution is 7.92. The van der Waals surface area contributed by atoms with Gasteiger partial charge >= 0.3 is 0 Å². The molecular weight excluding hydrogens is 909 g/mol. The fourth-order valence-electron chi connectivity index (χ4n) is 8.27. The molecule has 21 heteroatoms. The highest BCUT2D eigenvalue weighted by Gasteiger charge is 2.44. The standard InChI is InChI=1S/C46H53F2N9O8S2/c1-6-17-67(64,65)54-34-12-11-33(47)38(39(34)48)40(61)32-23-50-43-31(32)18-29(22-49-43)55-13-15-56(16-14-55)37(60)20-36(59)53-42(46(3,4)5)45(63)57-24-30(58)19-35(57)44(62)51-21-27-7-9-28(10-8-27)41-26(2)52-25-66-41/h7-12,18,22-23,25,30,35,42,54,58H,6,13-17,19-21,24H2,1-5H3,(H,49,50)(H,51,62)(H,53,59)/t30-,35+,42-/m1/s1. The zero-order chi connectivity index (χ0) is 48.4. The Balaban J connectivity index is 0.949. The van der Waals surface area contributed by atoms with E-state index in [2.05, 4.69) is 30.3 Å². The van der Waals surface area contributed by atoms with Crippen LogP contribution in [0.1, 0.15) is 74.1 Å². The third kappa shape index (κ3) is 10.9. The maximum Gasteiger partial charge on any atom is 0.246 e. The molecule has 0 unspecified atom stereocenters. The van der Waals surface area contributed by atoms with Crippen molar-refractivity contribution in [2.75, 3.05) is 48.1 Å². The van der Waals surface area contributed by atoms with E-state index in [0.29, 0.717) is 18.8 Å². The van der Waals surface area contributed by atoms with Gasteiger partial charge in [-0.25, -0.2) is 27.2 Å². The van der Waals surface area contributed by atoms with Gasteiger partial charge in [-0.15, -0.1) is 11.3 Å². The number of amides is 4. The van der Waals surface area contributed by atoms with Gasteiger partial charge in [-0.2, -0.15) is 0 Å². The van der Waals surface area contributed by atoms with Crippen LogP contribution in [0.15, 0.2) is 60.4 Å². The minimum Gasteiger partial charge on any atom is -0.391 e. The molecule has 2 aliphatic rings. The summed E-state index contributed by atoms with van der Waals surface area (Å²) in [6, 6.07) is 8.97. The summed E-state index contributed by atoms with van der Waals surface area (Å²) in [6.45, 7) is 9.95. The van der Waals surface area contributed by atoms with Crippen LogP contribution in [-0.4, -0.2) is 124 Å². The summed E-state index contributed by atoms with van der Waals surface area (Å²) in [5.41, 5.74) is 2.96. The molecular formula is C46H53F2N9O8S2. The number of rotatable bonds is 15. The number of aliphatic hydroxyl groups excluding tert-OH is 1. The van der Waals surface area contributed by atoms with E-state index in [-0.39, 0.29) is 61.4 Å². The molecule has 5 heterocycles. The van der Waals surface area contributed by atoms with Crippen molar-refractivity contribution in [2.24, 2.45) is 5.41 Å². The number of nitrogens with one attached hydrogen (secondary N) is 4. The first-order chi connectivity index (χ1) is 31.7. The normalized spacial score (nSPS) is 17.1. The number of pyridine rings is 1. The van der Waals surface area contributed by atoms with E-state index in [4.69, 9.17) is 0 Å². The van der Waals surface area contributed by atoms with Crippen LogP contribution in [0.5, 0.6) is 0 Å². The fourth-order valence-corrected chi connectivity index (χ4v) is 10.2. The number of thiazole rings is 1. The van der Waals surface area contributed by atoms with Crippen molar-refractivity contribution < 1.29 is 46.3 Å². The summed E-state index contributed by atoms with van der Waals surface area (Å²) in [5, 5.41) is 16.5. The number of H-pyrrole nitrogens is 1. The zero-order valence-electron chi connectivity index (χ0n) is 37.7. The summed E-state index contributed by atoms with van der Waals surface area (Å²) in [5.74, 6) is -6.01. The van der Waals surface area contributed by atoms with E-state index in [1.54, 1.807) is 56.8 Å². The molecule has 4 amide bonds. The average Bonchev–Trinajstić information content (AvgIpc) is 4.03. The molecule has 0 bridgehead atoms. The molecule has 2 aliphatic heterocycles. The topological polar surface area (TPSA) is 227 Å². The summed E-state index contributed by atoms with van der Waals surface area (Å²) in [4.78, 5) is 85.5. The number of halogens is 2. The minimum atomic E-state index is -3.94. The van der Waals surface area contributed by atoms with Crippen molar-refractivity contribution in [3.05, 3.63) is 94.4 Å². The van der Waals surface area contributed by atoms with Crippen LogP contribution < -0.4 is 20.3 Å². The first-order valence-electron chi connectivity index (χ1n) is 21.8. The number of hydrogen-bond donors (Lipinski definition) is 5. The number of aryl methyl sites for hydroxylation is 1. The number of piperazine rings is 1. The van der Waals surface area contributed by atoms with Crippen LogP contribution in [-0.2, 0) is 35.7 Å². The molecule has 5 aromatic rings. The molecule has 356 valence electrons. The minimum absolute atomic E-state index is 0.0201. The highest BCUT2D eigenvalue weighted by atomic mass is 32.2. The van der Waals surface area contributed by atoms with Crippen molar-refractivity contribution in [3.63, 3.8) is 0 Å². The number of benzene rings is 2. The largest absolute Gasteiger partial charge is 0.391 e. The average molecular weight is 962 g/mol. The summed E-state index contributed by atoms with van der Waals surface area (Å²) >= 11 is 1.54. The molecule has 2 aromatic carbocycles. The van der Waals surface area contributed by atoms with E-state index in [1.807, 2.05) is 36.1 Å². The lowest BCUT2D eigenvalue weighted by atomic mass is 9.85. The van der Waals surface area contributed by atoms with E-state index in [9.17, 15) is 37.5 Å². The Kier molecular flexibility index (Phi) is 14.4. The van der Waals surface area contributed by atoms with Crippen LogP contribution >= 0.6 is 11.3 Å². The summed E-state index contributed by atoms with van der Waals surface area (Å²) < 4.78 is 57.3. The molecule has 2 saturated heterocycles. The quantitative estimate of drug-likeness (QED) is 0.0725. The number of carbonyl (C=O) groups is 5. The van der Waals surface area contributed by atoms with Gasteiger partial charge in [0, 0.05) is 62.8 Å². The van der Waals surface area contributed by atoms with Crippen molar-refractivity contribution in [3.8, 4) is 10.4 Å². The molecule has 0 saturated carbocycles. The third-order valence-electron chi connectivity index (χ3n) is 11.8. The Morgan fingerprint density at radius 1 is 1.01 bits per heavy atom. The number of aromatic amines is 1. The van der Waals surface area contributed by atoms with E-state index in [0.717, 1.165) is 33.8 Å². The molecule has 17 nitrogen and oxygen atoms in total. The molecule has 67 heavy (non-hydrogen) atoms. The number of aliphatic hydroxyl groups is 1. The number of anilines is 2. The number of fused-ring (bicyclic) bond motifs is 1. The summed E-state index contributed by atoms with van der Waals surface area (Å²) in [6.07, 6.45) is 1.58. The molecule has 2 fully saturated rings. The predicted octanol–water partition coefficient (Wildman–Crippen LogP) is 4.50. The van der Waals surface area contributed by atoms with Gasteiger partial charge < -0.3 is 35.4 Å². The number of nitrogens with zero attached hydrogens (tertiary/aromatic N) is 5. The molecule has 7 rings (SSSR count). The summed E-state index contributed by atoms with van der Waals surface area (Å²) in [7, 11) is -3.94. The van der Waals surface area contributed by atoms with Crippen molar-refractivity contribution in [2.45, 2.75) is 78.6 Å². The smallest absolute Gasteiger partial charge is 0.246 e. The van der Waals surface area contributed by atoms with Gasteiger partial charge in [0.2, 0.25) is 39.4 Å². The monoisotopic (exact) mass is 961 g/mol. The van der Waals surface area contributed by atoms with E-state index >= 15 is 8.78 Å². The van der Waals surface area contributed by atoms with Gasteiger partial charge in [0.25, 0.3) is 0 Å². The molecule has 3 atom stereocenters. The second-order valence-electron chi connectivity index (χ2n) is 17.8. The lowest BCUT2D eigenvalue weighted by molar-refractivity contribution is -0.145. The van der Waals surface area contributed by atoms with Crippen molar-refractivity contribution in [1.82, 2.24) is 35.4 Å². The maximum atomic E-state index is 15.6. The number of sulfonamides is 1. The van der Waals surface area contributed by atoms with E-state index < -0.39 is 92.3 Å². The lowest BCUT2D eigenvalue weighted by Crippen LogP contribution is -2.58. The zero-order valence-corrected chi connectivity index (χ0v) is 39.3. The lowest BCUT2D eigenvalue weighted by Gasteiger charge is -2.37. The molecule has 5 N–H and O–H groups in total. The van der Waals surface area contributed by atoms with Crippen molar-refractivity contribution in [1.29, 1.82) is 0 Å². The Morgan fingerprint density at radius 2 is 1.73 bits per heavy atom. The van der Waals surface area contributed by atoms with Gasteiger partial charge in [-0.1, -0.05) is 52.0 Å². The van der Waals surface area contributed by atoms with Gasteiger partial charge in [-0.3, -0.25) is 28.7 Å². The van der Waals surface area contributed by atoms with Crippen LogP contribution in [0.3, 0.4) is 0 Å². The highest BCUT2D eigenvalue weighted by Crippen LogP contribution is 2.31. The Hall–Kier alpha value is -6.32. The maximum absolute atomic E-state index is 15.6. The Morgan fingerprint density at radius 3 is 2.39 bits per heavy atom. The number of β-amino-alcohol motifs (C(OH)–C–C–N with tert-alkyl or cyclic N) is 1. The van der Waals surface area contributed by atoms with Crippen molar-refractivity contribution >= 4 is 73.2 Å². The van der Waals surface area contributed by atoms with Gasteiger partial charge in [0.05, 0.1) is 51.1 Å². The number of hydrogen-bond acceptors (Lipinski definition) is 12. The van der Waals surface area contributed by atoms with Gasteiger partial charge in [-0.05, 0) is 48.1 Å². The predicted molar refractivity (Wildman–Crippen MR) is 249 cm³/mol.